The lowest BCUT2D eigenvalue weighted by atomic mass is 9.60. The number of hydrogen-bond donors (Lipinski definition) is 1. The van der Waals surface area contributed by atoms with Crippen molar-refractivity contribution in [3.63, 3.8) is 0 Å². The first-order chi connectivity index (χ1) is 15.0. The molecule has 1 saturated carbocycles. The third-order valence-corrected chi connectivity index (χ3v) is 7.60. The Morgan fingerprint density at radius 2 is 1.69 bits per heavy atom. The molecule has 1 heterocycles. The first-order valence-corrected chi connectivity index (χ1v) is 11.9. The normalized spacial score (nSPS) is 17.9. The predicted molar refractivity (Wildman–Crippen MR) is 131 cm³/mol. The summed E-state index contributed by atoms with van der Waals surface area (Å²) >= 11 is 1.23. The van der Waals surface area contributed by atoms with Gasteiger partial charge in [-0.25, -0.2) is 4.79 Å². The lowest BCUT2D eigenvalue weighted by Gasteiger charge is -2.45. The van der Waals surface area contributed by atoms with Crippen LogP contribution in [0.1, 0.15) is 73.7 Å². The van der Waals surface area contributed by atoms with Crippen LogP contribution in [0.2, 0.25) is 0 Å². The number of benzene rings is 2. The van der Waals surface area contributed by atoms with Crippen LogP contribution < -0.4 is 9.47 Å². The van der Waals surface area contributed by atoms with E-state index < -0.39 is 5.97 Å². The van der Waals surface area contributed by atoms with Crippen molar-refractivity contribution in [2.75, 3.05) is 7.11 Å². The Hall–Kier alpha value is -2.53. The minimum Gasteiger partial charge on any atom is -0.496 e. The van der Waals surface area contributed by atoms with Crippen molar-refractivity contribution in [3.8, 4) is 17.2 Å². The molecular weight excluding hydrogens is 420 g/mol. The Labute approximate surface area is 194 Å². The average Bonchev–Trinajstić information content (AvgIpc) is 3.03. The van der Waals surface area contributed by atoms with Gasteiger partial charge in [0.1, 0.15) is 11.5 Å². The summed E-state index contributed by atoms with van der Waals surface area (Å²) in [5, 5.41) is 10.5. The largest absolute Gasteiger partial charge is 0.496 e. The zero-order valence-corrected chi connectivity index (χ0v) is 20.6. The topological polar surface area (TPSA) is 55.8 Å². The molecule has 1 fully saturated rings. The van der Waals surface area contributed by atoms with E-state index in [9.17, 15) is 9.90 Å². The number of rotatable bonds is 5. The minimum atomic E-state index is -0.985. The number of carboxylic acid groups (broad SMARTS) is 1. The fourth-order valence-corrected chi connectivity index (χ4v) is 6.72. The number of thiophene rings is 1. The summed E-state index contributed by atoms with van der Waals surface area (Å²) in [5.41, 5.74) is 2.94. The highest BCUT2D eigenvalue weighted by atomic mass is 32.1. The lowest BCUT2D eigenvalue weighted by Crippen LogP contribution is -2.32. The summed E-state index contributed by atoms with van der Waals surface area (Å²) < 4.78 is 12.5. The Kier molecular flexibility index (Phi) is 5.74. The number of fused-ring (bicyclic) bond motifs is 1. The van der Waals surface area contributed by atoms with Crippen LogP contribution in [-0.4, -0.2) is 18.2 Å². The van der Waals surface area contributed by atoms with Gasteiger partial charge in [-0.2, -0.15) is 0 Å². The minimum absolute atomic E-state index is 0.201. The Morgan fingerprint density at radius 1 is 1.06 bits per heavy atom. The number of methoxy groups -OCH3 is 1. The molecule has 0 amide bonds. The smallest absolute Gasteiger partial charge is 0.349 e. The summed E-state index contributed by atoms with van der Waals surface area (Å²) in [6.07, 6.45) is 3.59. The van der Waals surface area contributed by atoms with E-state index in [4.69, 9.17) is 9.47 Å². The molecule has 0 unspecified atom stereocenters. The highest BCUT2D eigenvalue weighted by Gasteiger charge is 2.38. The number of aromatic carboxylic acids is 1. The van der Waals surface area contributed by atoms with Crippen molar-refractivity contribution in [1.29, 1.82) is 0 Å². The summed E-state index contributed by atoms with van der Waals surface area (Å²) in [4.78, 5) is 12.1. The molecular formula is C27H32O4S. The van der Waals surface area contributed by atoms with Crippen LogP contribution in [0.3, 0.4) is 0 Å². The first-order valence-electron chi connectivity index (χ1n) is 11.1. The summed E-state index contributed by atoms with van der Waals surface area (Å²) in [7, 11) is 1.62. The van der Waals surface area contributed by atoms with Gasteiger partial charge in [-0.3, -0.25) is 0 Å². The summed E-state index contributed by atoms with van der Waals surface area (Å²) in [5.74, 6) is 1.27. The SMILES string of the molecule is COc1cc2c(Oc3ccc(C4CC(C)(C)CC(C)(C)C4)cc3)c(C(=O)O)sc2cc1C. The van der Waals surface area contributed by atoms with E-state index in [0.717, 1.165) is 21.4 Å². The van der Waals surface area contributed by atoms with Gasteiger partial charge in [0.2, 0.25) is 0 Å². The zero-order valence-electron chi connectivity index (χ0n) is 19.7. The van der Waals surface area contributed by atoms with Crippen LogP contribution >= 0.6 is 11.3 Å². The molecule has 32 heavy (non-hydrogen) atoms. The summed E-state index contributed by atoms with van der Waals surface area (Å²) in [6, 6.07) is 12.0. The van der Waals surface area contributed by atoms with Gasteiger partial charge in [0.25, 0.3) is 0 Å². The van der Waals surface area contributed by atoms with Gasteiger partial charge >= 0.3 is 5.97 Å². The van der Waals surface area contributed by atoms with E-state index in [1.807, 2.05) is 31.2 Å². The van der Waals surface area contributed by atoms with Crippen LogP contribution in [-0.2, 0) is 0 Å². The van der Waals surface area contributed by atoms with Gasteiger partial charge < -0.3 is 14.6 Å². The maximum atomic E-state index is 11.9. The number of hydrogen-bond acceptors (Lipinski definition) is 4. The Bertz CT molecular complexity index is 1140. The average molecular weight is 453 g/mol. The van der Waals surface area contributed by atoms with Crippen LogP contribution in [0, 0.1) is 17.8 Å². The van der Waals surface area contributed by atoms with Crippen molar-refractivity contribution < 1.29 is 19.4 Å². The molecule has 0 radical (unpaired) electrons. The quantitative estimate of drug-likeness (QED) is 0.426. The van der Waals surface area contributed by atoms with E-state index in [-0.39, 0.29) is 4.88 Å². The Balaban J connectivity index is 1.65. The van der Waals surface area contributed by atoms with Gasteiger partial charge in [-0.05, 0) is 78.3 Å². The molecule has 1 N–H and O–H groups in total. The van der Waals surface area contributed by atoms with Gasteiger partial charge in [0, 0.05) is 10.1 Å². The van der Waals surface area contributed by atoms with E-state index in [1.54, 1.807) is 7.11 Å². The molecule has 4 nitrogen and oxygen atoms in total. The van der Waals surface area contributed by atoms with E-state index in [0.29, 0.717) is 28.2 Å². The molecule has 0 saturated heterocycles. The highest BCUT2D eigenvalue weighted by molar-refractivity contribution is 7.21. The molecule has 0 aliphatic heterocycles. The molecule has 3 aromatic rings. The second-order valence-electron chi connectivity index (χ2n) is 10.7. The molecule has 170 valence electrons. The van der Waals surface area contributed by atoms with Crippen molar-refractivity contribution >= 4 is 27.4 Å². The zero-order chi connectivity index (χ0) is 23.3. The lowest BCUT2D eigenvalue weighted by molar-refractivity contribution is 0.0700. The van der Waals surface area contributed by atoms with E-state index in [2.05, 4.69) is 39.8 Å². The fourth-order valence-electron chi connectivity index (χ4n) is 5.67. The second-order valence-corrected chi connectivity index (χ2v) is 11.7. The van der Waals surface area contributed by atoms with Crippen molar-refractivity contribution in [1.82, 2.24) is 0 Å². The van der Waals surface area contributed by atoms with E-state index in [1.165, 1.54) is 36.2 Å². The predicted octanol–water partition coefficient (Wildman–Crippen LogP) is 8.03. The van der Waals surface area contributed by atoms with Gasteiger partial charge in [-0.1, -0.05) is 39.8 Å². The van der Waals surface area contributed by atoms with Crippen LogP contribution in [0.15, 0.2) is 36.4 Å². The third-order valence-electron chi connectivity index (χ3n) is 6.48. The second kappa shape index (κ2) is 8.11. The van der Waals surface area contributed by atoms with Crippen LogP contribution in [0.5, 0.6) is 17.2 Å². The highest BCUT2D eigenvalue weighted by Crippen LogP contribution is 2.52. The van der Waals surface area contributed by atoms with Gasteiger partial charge in [0.15, 0.2) is 10.6 Å². The molecule has 1 aromatic heterocycles. The molecule has 1 aliphatic rings. The molecule has 0 atom stereocenters. The van der Waals surface area contributed by atoms with Gasteiger partial charge in [0.05, 0.1) is 7.11 Å². The van der Waals surface area contributed by atoms with Gasteiger partial charge in [-0.15, -0.1) is 11.3 Å². The number of carbonyl (C=O) groups is 1. The number of ether oxygens (including phenoxy) is 2. The molecule has 2 aromatic carbocycles. The van der Waals surface area contributed by atoms with Crippen LogP contribution in [0.25, 0.3) is 10.1 Å². The van der Waals surface area contributed by atoms with Crippen molar-refractivity contribution in [2.24, 2.45) is 10.8 Å². The number of aryl methyl sites for hydroxylation is 1. The summed E-state index contributed by atoms with van der Waals surface area (Å²) in [6.45, 7) is 11.4. The molecule has 4 rings (SSSR count). The first kappa shape index (κ1) is 22.7. The monoisotopic (exact) mass is 452 g/mol. The molecule has 5 heteroatoms. The number of carboxylic acids is 1. The van der Waals surface area contributed by atoms with Crippen molar-refractivity contribution in [3.05, 3.63) is 52.4 Å². The standard InChI is InChI=1S/C27H32O4S/c1-16-11-22-20(12-21(16)30-6)23(24(32-22)25(28)29)31-19-9-7-17(8-10-19)18-13-26(2,3)15-27(4,5)14-18/h7-12,18H,13-15H2,1-6H3,(H,28,29). The van der Waals surface area contributed by atoms with Crippen molar-refractivity contribution in [2.45, 2.75) is 59.8 Å². The fraction of sp³-hybridized carbons (Fsp3) is 0.444. The third kappa shape index (κ3) is 4.49. The molecule has 1 aliphatic carbocycles. The maximum Gasteiger partial charge on any atom is 0.349 e. The van der Waals surface area contributed by atoms with Crippen LogP contribution in [0.4, 0.5) is 0 Å². The Morgan fingerprint density at radius 3 is 2.25 bits per heavy atom. The maximum absolute atomic E-state index is 11.9. The molecule has 0 bridgehead atoms. The molecule has 0 spiro atoms. The van der Waals surface area contributed by atoms with E-state index >= 15 is 0 Å².